The summed E-state index contributed by atoms with van der Waals surface area (Å²) in [5.74, 6) is -81.5. The molecular formula is C19H14F26OS2. The lowest BCUT2D eigenvalue weighted by Gasteiger charge is -2.39. The first kappa shape index (κ1) is 46.8. The van der Waals surface area contributed by atoms with Crippen LogP contribution in [0, 0.1) is 0 Å². The summed E-state index contributed by atoms with van der Waals surface area (Å²) in [6.07, 6.45) is -20.9. The molecule has 0 aromatic carbocycles. The molecule has 0 aromatic rings. The second kappa shape index (κ2) is 13.8. The number of alkyl halides is 26. The molecule has 0 bridgehead atoms. The molecule has 48 heavy (non-hydrogen) atoms. The van der Waals surface area contributed by atoms with Crippen molar-refractivity contribution in [3.05, 3.63) is 0 Å². The first-order valence-corrected chi connectivity index (χ1v) is 13.6. The predicted octanol–water partition coefficient (Wildman–Crippen LogP) is 10.1. The molecule has 0 rings (SSSR count). The number of hydrogen-bond acceptors (Lipinski definition) is 3. The Balaban J connectivity index is 5.59. The predicted molar refractivity (Wildman–Crippen MR) is 111 cm³/mol. The van der Waals surface area contributed by atoms with Crippen LogP contribution in [0.4, 0.5) is 114 Å². The molecule has 0 aliphatic heterocycles. The van der Waals surface area contributed by atoms with E-state index in [0.29, 0.717) is 0 Å². The molecule has 29 heteroatoms. The van der Waals surface area contributed by atoms with Crippen molar-refractivity contribution in [1.82, 2.24) is 0 Å². The van der Waals surface area contributed by atoms with E-state index in [-0.39, 0.29) is 23.5 Å². The molecule has 1 nitrogen and oxygen atoms in total. The van der Waals surface area contributed by atoms with E-state index in [9.17, 15) is 114 Å². The largest absolute Gasteiger partial charge is 0.460 e. The Morgan fingerprint density at radius 3 is 0.917 bits per heavy atom. The molecule has 0 aliphatic carbocycles. The highest BCUT2D eigenvalue weighted by Crippen LogP contribution is 2.62. The van der Waals surface area contributed by atoms with Gasteiger partial charge in [-0.3, -0.25) is 0 Å². The molecule has 0 saturated carbocycles. The highest BCUT2D eigenvalue weighted by molar-refractivity contribution is 8.03. The van der Waals surface area contributed by atoms with Gasteiger partial charge in [0.25, 0.3) is 0 Å². The van der Waals surface area contributed by atoms with Gasteiger partial charge in [-0.05, 0) is 11.5 Å². The Kier molecular flexibility index (Phi) is 13.4. The van der Waals surface area contributed by atoms with Gasteiger partial charge in [-0.25, -0.2) is 0 Å². The van der Waals surface area contributed by atoms with E-state index < -0.39 is 114 Å². The number of halogens is 26. The lowest BCUT2D eigenvalue weighted by Crippen LogP contribution is -2.70. The van der Waals surface area contributed by atoms with Gasteiger partial charge in [0.1, 0.15) is 0 Å². The Hall–Kier alpha value is -1.16. The highest BCUT2D eigenvalue weighted by atomic mass is 32.2. The van der Waals surface area contributed by atoms with Crippen LogP contribution in [0.3, 0.4) is 0 Å². The molecular weight excluding hydrogens is 802 g/mol. The molecule has 1 N–H and O–H groups in total. The van der Waals surface area contributed by atoms with Gasteiger partial charge < -0.3 is 5.11 Å². The summed E-state index contributed by atoms with van der Waals surface area (Å²) in [6, 6.07) is 0. The maximum atomic E-state index is 13.8. The molecule has 0 heterocycles. The van der Waals surface area contributed by atoms with Gasteiger partial charge in [-0.15, -0.1) is 0 Å². The van der Waals surface area contributed by atoms with E-state index in [4.69, 9.17) is 5.11 Å². The molecule has 0 aromatic heterocycles. The quantitative estimate of drug-likeness (QED) is 0.110. The van der Waals surface area contributed by atoms with Crippen LogP contribution in [0.25, 0.3) is 0 Å². The maximum absolute atomic E-state index is 13.8. The van der Waals surface area contributed by atoms with Crippen LogP contribution < -0.4 is 0 Å². The zero-order chi connectivity index (χ0) is 39.2. The molecule has 1 atom stereocenters. The smallest absolute Gasteiger partial charge is 0.395 e. The van der Waals surface area contributed by atoms with Crippen LogP contribution in [-0.4, -0.2) is 106 Å². The van der Waals surface area contributed by atoms with E-state index in [1.165, 1.54) is 0 Å². The van der Waals surface area contributed by atoms with Gasteiger partial charge in [-0.1, -0.05) is 0 Å². The average molecular weight is 816 g/mol. The normalized spacial score (nSPS) is 16.8. The minimum atomic E-state index is -8.19. The van der Waals surface area contributed by atoms with Gasteiger partial charge in [0, 0.05) is 23.8 Å². The lowest BCUT2D eigenvalue weighted by atomic mass is 9.93. The number of aliphatic hydroxyl groups is 1. The maximum Gasteiger partial charge on any atom is 0.460 e. The van der Waals surface area contributed by atoms with E-state index in [2.05, 4.69) is 0 Å². The molecule has 0 saturated heterocycles. The van der Waals surface area contributed by atoms with Crippen LogP contribution in [-0.2, 0) is 0 Å². The average Bonchev–Trinajstić information content (AvgIpc) is 2.87. The van der Waals surface area contributed by atoms with Crippen LogP contribution in [0.15, 0.2) is 0 Å². The van der Waals surface area contributed by atoms with Crippen LogP contribution >= 0.6 is 23.5 Å². The Bertz CT molecular complexity index is 1060. The fraction of sp³-hybridized carbons (Fsp3) is 1.00. The summed E-state index contributed by atoms with van der Waals surface area (Å²) in [5, 5.41) is 7.23. The fourth-order valence-electron chi connectivity index (χ4n) is 2.84. The monoisotopic (exact) mass is 816 g/mol. The second-order valence-electron chi connectivity index (χ2n) is 9.25. The van der Waals surface area contributed by atoms with Crippen LogP contribution in [0.1, 0.15) is 12.8 Å². The minimum absolute atomic E-state index is 0.266. The first-order valence-electron chi connectivity index (χ1n) is 11.4. The topological polar surface area (TPSA) is 20.2 Å². The van der Waals surface area contributed by atoms with Gasteiger partial charge in [-0.2, -0.15) is 138 Å². The van der Waals surface area contributed by atoms with Gasteiger partial charge in [0.15, 0.2) is 0 Å². The summed E-state index contributed by atoms with van der Waals surface area (Å²) in [7, 11) is 0. The summed E-state index contributed by atoms with van der Waals surface area (Å²) in [6.45, 7) is -1.41. The van der Waals surface area contributed by atoms with Gasteiger partial charge >= 0.3 is 71.6 Å². The van der Waals surface area contributed by atoms with Crippen molar-refractivity contribution in [3.8, 4) is 0 Å². The standard InChI is InChI=1S/C19H14F26OS2/c20-8(21,10(24,25)12(28,29)14(32,33)16(36,37)18(40,41)42)1-3-47-6-7(5-46)48-4-2-9(22,23)11(26,27)13(30,31)15(34,35)17(38,39)19(43,44)45/h7,46H,1-6H2. The third-order valence-corrected chi connectivity index (χ3v) is 8.40. The SMILES string of the molecule is OCC(CSCCC(F)(F)C(F)(F)C(F)(F)C(F)(F)C(F)(F)C(F)(F)F)SCCC(F)(F)C(F)(F)C(F)(F)C(F)(F)C(F)(F)C(F)(F)F. The van der Waals surface area contributed by atoms with Crippen molar-refractivity contribution >= 4 is 23.5 Å². The lowest BCUT2D eigenvalue weighted by molar-refractivity contribution is -0.439. The van der Waals surface area contributed by atoms with Crippen molar-refractivity contribution < 1.29 is 119 Å². The summed E-state index contributed by atoms with van der Waals surface area (Å²) < 4.78 is 340. The Labute approximate surface area is 257 Å². The molecule has 0 aliphatic rings. The Morgan fingerprint density at radius 1 is 0.375 bits per heavy atom. The van der Waals surface area contributed by atoms with E-state index in [1.807, 2.05) is 0 Å². The van der Waals surface area contributed by atoms with E-state index in [1.54, 1.807) is 0 Å². The Morgan fingerprint density at radius 2 is 0.646 bits per heavy atom. The van der Waals surface area contributed by atoms with E-state index in [0.717, 1.165) is 0 Å². The van der Waals surface area contributed by atoms with Gasteiger partial charge in [0.2, 0.25) is 0 Å². The summed E-state index contributed by atoms with van der Waals surface area (Å²) in [5.41, 5.74) is 0. The molecule has 0 fully saturated rings. The second-order valence-corrected chi connectivity index (χ2v) is 11.8. The van der Waals surface area contributed by atoms with Gasteiger partial charge in [0.05, 0.1) is 6.61 Å². The zero-order valence-corrected chi connectivity index (χ0v) is 23.5. The summed E-state index contributed by atoms with van der Waals surface area (Å²) in [4.78, 5) is 0. The number of thioether (sulfide) groups is 2. The molecule has 0 radical (unpaired) electrons. The number of aliphatic hydroxyl groups excluding tert-OH is 1. The fourth-order valence-corrected chi connectivity index (χ4v) is 5.26. The molecule has 290 valence electrons. The van der Waals surface area contributed by atoms with Crippen molar-refractivity contribution in [2.24, 2.45) is 0 Å². The highest BCUT2D eigenvalue weighted by Gasteiger charge is 2.92. The van der Waals surface area contributed by atoms with Crippen LogP contribution in [0.2, 0.25) is 0 Å². The van der Waals surface area contributed by atoms with Crippen molar-refractivity contribution in [2.75, 3.05) is 23.9 Å². The van der Waals surface area contributed by atoms with Crippen molar-refractivity contribution in [2.45, 2.75) is 89.7 Å². The van der Waals surface area contributed by atoms with Crippen molar-refractivity contribution in [1.29, 1.82) is 0 Å². The minimum Gasteiger partial charge on any atom is -0.395 e. The van der Waals surface area contributed by atoms with E-state index >= 15 is 0 Å². The number of hydrogen-bond donors (Lipinski definition) is 1. The zero-order valence-electron chi connectivity index (χ0n) is 21.9. The molecule has 1 unspecified atom stereocenters. The third-order valence-electron chi connectivity index (χ3n) is 5.83. The summed E-state index contributed by atoms with van der Waals surface area (Å²) >= 11 is -0.587. The first-order chi connectivity index (χ1) is 20.6. The number of rotatable bonds is 18. The van der Waals surface area contributed by atoms with Crippen molar-refractivity contribution in [3.63, 3.8) is 0 Å². The molecule has 0 amide bonds. The molecule has 0 spiro atoms. The van der Waals surface area contributed by atoms with Crippen LogP contribution in [0.5, 0.6) is 0 Å². The third kappa shape index (κ3) is 7.69.